The van der Waals surface area contributed by atoms with Gasteiger partial charge in [0.25, 0.3) is 0 Å². The lowest BCUT2D eigenvalue weighted by atomic mass is 9.90. The van der Waals surface area contributed by atoms with Gasteiger partial charge in [-0.1, -0.05) is 42.5 Å². The first-order valence-corrected chi connectivity index (χ1v) is 12.4. The summed E-state index contributed by atoms with van der Waals surface area (Å²) < 4.78 is 32.7. The van der Waals surface area contributed by atoms with Crippen molar-refractivity contribution in [2.45, 2.75) is 44.2 Å². The van der Waals surface area contributed by atoms with Crippen LogP contribution in [0.2, 0.25) is 0 Å². The van der Waals surface area contributed by atoms with Gasteiger partial charge in [-0.25, -0.2) is 13.1 Å². The Bertz CT molecular complexity index is 1020. The molecule has 2 aromatic rings. The standard InChI is InChI=1S/C23H28N2O4S/c1-30(27,28)24-20-10-5-13-25-21(20)16-17-7-4-8-18(15-17)19-9-2-3-11-22(19)29-14-6-12-23(25)26/h2-4,7-9,11,15,20-21,24H,5-6,10,12-14,16H2,1H3. The number of amides is 1. The first-order chi connectivity index (χ1) is 14.4. The minimum atomic E-state index is -3.37. The molecule has 7 heteroatoms. The van der Waals surface area contributed by atoms with Crippen LogP contribution in [0.4, 0.5) is 0 Å². The maximum Gasteiger partial charge on any atom is 0.223 e. The van der Waals surface area contributed by atoms with Crippen molar-refractivity contribution in [2.75, 3.05) is 19.4 Å². The molecule has 1 N–H and O–H groups in total. The highest BCUT2D eigenvalue weighted by Gasteiger charge is 2.35. The van der Waals surface area contributed by atoms with Crippen molar-refractivity contribution in [1.82, 2.24) is 9.62 Å². The Kier molecular flexibility index (Phi) is 6.11. The number of carbonyl (C=O) groups is 1. The van der Waals surface area contributed by atoms with E-state index in [1.807, 2.05) is 41.3 Å². The average molecular weight is 429 g/mol. The fourth-order valence-electron chi connectivity index (χ4n) is 4.52. The number of carbonyl (C=O) groups excluding carboxylic acids is 1. The van der Waals surface area contributed by atoms with E-state index < -0.39 is 10.0 Å². The van der Waals surface area contributed by atoms with Crippen LogP contribution < -0.4 is 9.46 Å². The summed E-state index contributed by atoms with van der Waals surface area (Å²) in [6, 6.07) is 15.7. The molecule has 30 heavy (non-hydrogen) atoms. The van der Waals surface area contributed by atoms with Gasteiger partial charge in [-0.05, 0) is 42.9 Å². The number of ether oxygens (including phenoxy) is 1. The van der Waals surface area contributed by atoms with Crippen molar-refractivity contribution in [1.29, 1.82) is 0 Å². The quantitative estimate of drug-likeness (QED) is 0.798. The van der Waals surface area contributed by atoms with Gasteiger partial charge in [-0.15, -0.1) is 0 Å². The van der Waals surface area contributed by atoms with E-state index in [1.54, 1.807) is 0 Å². The summed E-state index contributed by atoms with van der Waals surface area (Å²) >= 11 is 0. The number of piperidine rings is 1. The Balaban J connectivity index is 1.73. The van der Waals surface area contributed by atoms with E-state index >= 15 is 0 Å². The SMILES string of the molecule is CS(=O)(=O)NC1CCCN2C(=O)CCCOc3ccccc3-c3cccc(c3)CC12. The van der Waals surface area contributed by atoms with Gasteiger partial charge in [0.15, 0.2) is 0 Å². The summed E-state index contributed by atoms with van der Waals surface area (Å²) in [5.74, 6) is 0.878. The van der Waals surface area contributed by atoms with Crippen molar-refractivity contribution in [3.8, 4) is 16.9 Å². The van der Waals surface area contributed by atoms with E-state index in [1.165, 1.54) is 6.26 Å². The third kappa shape index (κ3) is 4.84. The number of hydrogen-bond donors (Lipinski definition) is 1. The molecule has 2 heterocycles. The van der Waals surface area contributed by atoms with Gasteiger partial charge in [0.05, 0.1) is 18.9 Å². The Morgan fingerprint density at radius 2 is 1.93 bits per heavy atom. The van der Waals surface area contributed by atoms with Crippen LogP contribution in [0, 0.1) is 0 Å². The predicted octanol–water partition coefficient (Wildman–Crippen LogP) is 2.98. The van der Waals surface area contributed by atoms with E-state index in [-0.39, 0.29) is 18.0 Å². The lowest BCUT2D eigenvalue weighted by Gasteiger charge is -2.41. The van der Waals surface area contributed by atoms with Crippen molar-refractivity contribution in [3.05, 3.63) is 54.1 Å². The number of para-hydroxylation sites is 1. The summed E-state index contributed by atoms with van der Waals surface area (Å²) in [4.78, 5) is 14.9. The van der Waals surface area contributed by atoms with E-state index in [0.717, 1.165) is 35.3 Å². The number of fused-ring (bicyclic) bond motifs is 5. The monoisotopic (exact) mass is 428 g/mol. The molecule has 1 fully saturated rings. The van der Waals surface area contributed by atoms with Crippen LogP contribution in [0.3, 0.4) is 0 Å². The number of nitrogens with zero attached hydrogens (tertiary/aromatic N) is 1. The minimum Gasteiger partial charge on any atom is -0.493 e. The van der Waals surface area contributed by atoms with Gasteiger partial charge in [-0.3, -0.25) is 4.79 Å². The molecule has 1 amide bonds. The van der Waals surface area contributed by atoms with E-state index in [2.05, 4.69) is 16.9 Å². The van der Waals surface area contributed by atoms with Crippen molar-refractivity contribution in [2.24, 2.45) is 0 Å². The molecule has 0 aliphatic carbocycles. The minimum absolute atomic E-state index is 0.0623. The zero-order valence-electron chi connectivity index (χ0n) is 17.2. The second-order valence-corrected chi connectivity index (χ2v) is 9.93. The van der Waals surface area contributed by atoms with Gasteiger partial charge in [0.1, 0.15) is 5.75 Å². The molecule has 2 unspecified atom stereocenters. The van der Waals surface area contributed by atoms with Gasteiger partial charge in [-0.2, -0.15) is 0 Å². The lowest BCUT2D eigenvalue weighted by molar-refractivity contribution is -0.135. The van der Waals surface area contributed by atoms with Crippen molar-refractivity contribution in [3.63, 3.8) is 0 Å². The number of hydrogen-bond acceptors (Lipinski definition) is 4. The Hall–Kier alpha value is -2.38. The molecule has 0 aromatic heterocycles. The smallest absolute Gasteiger partial charge is 0.223 e. The average Bonchev–Trinajstić information content (AvgIpc) is 2.72. The highest BCUT2D eigenvalue weighted by molar-refractivity contribution is 7.88. The highest BCUT2D eigenvalue weighted by Crippen LogP contribution is 2.32. The van der Waals surface area contributed by atoms with Crippen LogP contribution in [0.15, 0.2) is 48.5 Å². The number of nitrogens with one attached hydrogen (secondary N) is 1. The largest absolute Gasteiger partial charge is 0.493 e. The second kappa shape index (κ2) is 8.78. The molecule has 1 saturated heterocycles. The zero-order valence-corrected chi connectivity index (χ0v) is 18.0. The van der Waals surface area contributed by atoms with Crippen LogP contribution in [-0.2, 0) is 21.2 Å². The van der Waals surface area contributed by atoms with Crippen LogP contribution in [0.1, 0.15) is 31.2 Å². The Morgan fingerprint density at radius 1 is 1.10 bits per heavy atom. The van der Waals surface area contributed by atoms with Crippen LogP contribution >= 0.6 is 0 Å². The molecule has 2 aliphatic heterocycles. The first kappa shape index (κ1) is 20.9. The van der Waals surface area contributed by atoms with E-state index in [4.69, 9.17) is 4.74 Å². The number of rotatable bonds is 2. The molecule has 0 radical (unpaired) electrons. The summed E-state index contributed by atoms with van der Waals surface area (Å²) in [6.07, 6.45) is 4.32. The summed E-state index contributed by atoms with van der Waals surface area (Å²) in [5.41, 5.74) is 3.16. The van der Waals surface area contributed by atoms with Crippen LogP contribution in [0.25, 0.3) is 11.1 Å². The van der Waals surface area contributed by atoms with Crippen LogP contribution in [0.5, 0.6) is 5.75 Å². The molecule has 6 nitrogen and oxygen atoms in total. The normalized spacial score (nSPS) is 22.6. The molecular weight excluding hydrogens is 400 g/mol. The van der Waals surface area contributed by atoms with Gasteiger partial charge in [0, 0.05) is 24.6 Å². The number of sulfonamides is 1. The summed E-state index contributed by atoms with van der Waals surface area (Å²) in [6.45, 7) is 1.12. The molecule has 2 bridgehead atoms. The Labute approximate surface area is 178 Å². The lowest BCUT2D eigenvalue weighted by Crippen LogP contribution is -2.57. The fraction of sp³-hybridized carbons (Fsp3) is 0.435. The predicted molar refractivity (Wildman–Crippen MR) is 117 cm³/mol. The van der Waals surface area contributed by atoms with E-state index in [9.17, 15) is 13.2 Å². The molecule has 2 aliphatic rings. The maximum atomic E-state index is 13.0. The van der Waals surface area contributed by atoms with Crippen LogP contribution in [-0.4, -0.2) is 50.7 Å². The first-order valence-electron chi connectivity index (χ1n) is 10.5. The third-order valence-corrected chi connectivity index (χ3v) is 6.56. The molecule has 160 valence electrons. The van der Waals surface area contributed by atoms with Gasteiger partial charge >= 0.3 is 0 Å². The molecule has 2 atom stereocenters. The summed E-state index contributed by atoms with van der Waals surface area (Å²) in [7, 11) is -3.37. The molecule has 0 spiro atoms. The fourth-order valence-corrected chi connectivity index (χ4v) is 5.34. The molecule has 0 saturated carbocycles. The second-order valence-electron chi connectivity index (χ2n) is 8.15. The zero-order chi connectivity index (χ0) is 21.1. The molecule has 2 aromatic carbocycles. The maximum absolute atomic E-state index is 13.0. The molecule has 4 rings (SSSR count). The van der Waals surface area contributed by atoms with E-state index in [0.29, 0.717) is 32.4 Å². The number of benzene rings is 2. The Morgan fingerprint density at radius 3 is 2.77 bits per heavy atom. The topological polar surface area (TPSA) is 75.7 Å². The van der Waals surface area contributed by atoms with Gasteiger partial charge < -0.3 is 9.64 Å². The third-order valence-electron chi connectivity index (χ3n) is 5.83. The molecular formula is C23H28N2O4S. The van der Waals surface area contributed by atoms with Crippen molar-refractivity contribution >= 4 is 15.9 Å². The summed E-state index contributed by atoms with van der Waals surface area (Å²) in [5, 5.41) is 0. The highest BCUT2D eigenvalue weighted by atomic mass is 32.2. The van der Waals surface area contributed by atoms with Crippen molar-refractivity contribution < 1.29 is 17.9 Å². The van der Waals surface area contributed by atoms with Gasteiger partial charge in [0.2, 0.25) is 15.9 Å².